The van der Waals surface area contributed by atoms with E-state index in [-0.39, 0.29) is 0 Å². The molecule has 0 saturated carbocycles. The molecule has 154 valence electrons. The second kappa shape index (κ2) is 8.25. The van der Waals surface area contributed by atoms with Gasteiger partial charge in [-0.3, -0.25) is 9.80 Å². The molecule has 2 heterocycles. The first-order chi connectivity index (χ1) is 14.7. The number of hydrogen-bond acceptors (Lipinski definition) is 2. The number of piperazine rings is 1. The Morgan fingerprint density at radius 2 is 1.33 bits per heavy atom. The molecule has 3 aromatic carbocycles. The van der Waals surface area contributed by atoms with E-state index >= 15 is 0 Å². The van der Waals surface area contributed by atoms with Crippen LogP contribution in [0, 0.1) is 6.92 Å². The van der Waals surface area contributed by atoms with Crippen molar-refractivity contribution in [1.29, 1.82) is 0 Å². The highest BCUT2D eigenvalue weighted by Gasteiger charge is 2.18. The summed E-state index contributed by atoms with van der Waals surface area (Å²) in [7, 11) is 0. The number of rotatable bonds is 5. The second-order valence-corrected chi connectivity index (χ2v) is 8.65. The maximum atomic E-state index is 2.60. The van der Waals surface area contributed by atoms with Crippen LogP contribution >= 0.6 is 0 Å². The molecule has 3 heteroatoms. The predicted octanol–water partition coefficient (Wildman–Crippen LogP) is 5.44. The highest BCUT2D eigenvalue weighted by Crippen LogP contribution is 2.30. The highest BCUT2D eigenvalue weighted by molar-refractivity contribution is 6.08. The molecule has 1 aliphatic heterocycles. The topological polar surface area (TPSA) is 11.4 Å². The quantitative estimate of drug-likeness (QED) is 0.444. The molecule has 3 nitrogen and oxygen atoms in total. The zero-order valence-electron chi connectivity index (χ0n) is 18.1. The van der Waals surface area contributed by atoms with Crippen molar-refractivity contribution in [2.24, 2.45) is 0 Å². The maximum Gasteiger partial charge on any atom is 0.0491 e. The fourth-order valence-electron chi connectivity index (χ4n) is 4.97. The first-order valence-electron chi connectivity index (χ1n) is 11.2. The average Bonchev–Trinajstić information content (AvgIpc) is 3.08. The van der Waals surface area contributed by atoms with Gasteiger partial charge in [-0.15, -0.1) is 0 Å². The Hall–Kier alpha value is -2.62. The van der Waals surface area contributed by atoms with Crippen LogP contribution in [0.5, 0.6) is 0 Å². The Labute approximate surface area is 179 Å². The van der Waals surface area contributed by atoms with Crippen LogP contribution in [0.15, 0.2) is 66.7 Å². The van der Waals surface area contributed by atoms with Crippen LogP contribution in [0.2, 0.25) is 0 Å². The number of hydrogen-bond donors (Lipinski definition) is 0. The van der Waals surface area contributed by atoms with Gasteiger partial charge in [0.05, 0.1) is 0 Å². The lowest BCUT2D eigenvalue weighted by atomic mass is 10.1. The number of aryl methyl sites for hydroxylation is 2. The number of nitrogens with zero attached hydrogens (tertiary/aromatic N) is 3. The summed E-state index contributed by atoms with van der Waals surface area (Å²) in [5, 5.41) is 2.77. The van der Waals surface area contributed by atoms with Crippen molar-refractivity contribution in [3.05, 3.63) is 83.4 Å². The van der Waals surface area contributed by atoms with Crippen LogP contribution in [0.3, 0.4) is 0 Å². The van der Waals surface area contributed by atoms with Gasteiger partial charge in [-0.05, 0) is 43.2 Å². The van der Waals surface area contributed by atoms with Gasteiger partial charge in [0, 0.05) is 67.6 Å². The van der Waals surface area contributed by atoms with Crippen molar-refractivity contribution in [2.45, 2.75) is 33.5 Å². The van der Waals surface area contributed by atoms with Gasteiger partial charge in [-0.1, -0.05) is 54.1 Å². The van der Waals surface area contributed by atoms with Gasteiger partial charge >= 0.3 is 0 Å². The molecule has 1 aliphatic rings. The monoisotopic (exact) mass is 397 g/mol. The van der Waals surface area contributed by atoms with Crippen molar-refractivity contribution < 1.29 is 0 Å². The summed E-state index contributed by atoms with van der Waals surface area (Å²) in [6.45, 7) is 12.1. The van der Waals surface area contributed by atoms with E-state index < -0.39 is 0 Å². The summed E-state index contributed by atoms with van der Waals surface area (Å²) < 4.78 is 2.43. The molecule has 0 N–H and O–H groups in total. The largest absolute Gasteiger partial charge is 0.341 e. The van der Waals surface area contributed by atoms with Crippen LogP contribution in [-0.4, -0.2) is 40.5 Å². The molecule has 30 heavy (non-hydrogen) atoms. The van der Waals surface area contributed by atoms with Gasteiger partial charge in [-0.25, -0.2) is 0 Å². The summed E-state index contributed by atoms with van der Waals surface area (Å²) in [5.74, 6) is 0. The van der Waals surface area contributed by atoms with Crippen LogP contribution in [-0.2, 0) is 19.6 Å². The highest BCUT2D eigenvalue weighted by atomic mass is 15.3. The Bertz CT molecular complexity index is 1170. The lowest BCUT2D eigenvalue weighted by molar-refractivity contribution is 0.122. The minimum atomic E-state index is 1.01. The van der Waals surface area contributed by atoms with Gasteiger partial charge in [0.2, 0.25) is 0 Å². The predicted molar refractivity (Wildman–Crippen MR) is 127 cm³/mol. The fourth-order valence-corrected chi connectivity index (χ4v) is 4.97. The van der Waals surface area contributed by atoms with Crippen molar-refractivity contribution in [3.63, 3.8) is 0 Å². The zero-order chi connectivity index (χ0) is 20.5. The number of aromatic nitrogens is 1. The first-order valence-corrected chi connectivity index (χ1v) is 11.2. The third kappa shape index (κ3) is 3.76. The Morgan fingerprint density at radius 1 is 0.667 bits per heavy atom. The van der Waals surface area contributed by atoms with Gasteiger partial charge in [0.15, 0.2) is 0 Å². The van der Waals surface area contributed by atoms with Crippen molar-refractivity contribution >= 4 is 21.8 Å². The standard InChI is InChI=1S/C27H31N3/c1-3-30-26-10-5-4-9-24(26)25-18-23(11-12-27(25)30)20-29-15-13-28(14-16-29)19-22-8-6-7-21(2)17-22/h4-12,17-18H,3,13-16,19-20H2,1-2H3. The molecule has 1 aromatic heterocycles. The minimum absolute atomic E-state index is 1.01. The third-order valence-corrected chi connectivity index (χ3v) is 6.51. The zero-order valence-corrected chi connectivity index (χ0v) is 18.1. The van der Waals surface area contributed by atoms with Gasteiger partial charge in [0.25, 0.3) is 0 Å². The Morgan fingerprint density at radius 3 is 2.03 bits per heavy atom. The third-order valence-electron chi connectivity index (χ3n) is 6.51. The molecule has 1 saturated heterocycles. The van der Waals surface area contributed by atoms with E-state index in [1.807, 2.05) is 0 Å². The second-order valence-electron chi connectivity index (χ2n) is 8.65. The van der Waals surface area contributed by atoms with Gasteiger partial charge in [0.1, 0.15) is 0 Å². The number of fused-ring (bicyclic) bond motifs is 3. The number of benzene rings is 3. The molecule has 0 aliphatic carbocycles. The molecular formula is C27H31N3. The smallest absolute Gasteiger partial charge is 0.0491 e. The maximum absolute atomic E-state index is 2.60. The molecule has 0 radical (unpaired) electrons. The van der Waals surface area contributed by atoms with Crippen LogP contribution in [0.1, 0.15) is 23.6 Å². The molecule has 0 atom stereocenters. The molecule has 4 aromatic rings. The molecule has 0 amide bonds. The minimum Gasteiger partial charge on any atom is -0.341 e. The summed E-state index contributed by atoms with van der Waals surface area (Å²) in [6, 6.07) is 24.8. The molecule has 5 rings (SSSR count). The Balaban J connectivity index is 1.28. The summed E-state index contributed by atoms with van der Waals surface area (Å²) in [6.07, 6.45) is 0. The summed E-state index contributed by atoms with van der Waals surface area (Å²) >= 11 is 0. The molecule has 0 spiro atoms. The SMILES string of the molecule is CCn1c2ccccc2c2cc(CN3CCN(Cc4cccc(C)c4)CC3)ccc21. The lowest BCUT2D eigenvalue weighted by Gasteiger charge is -2.34. The molecule has 0 unspecified atom stereocenters. The van der Waals surface area contributed by atoms with E-state index in [1.165, 1.54) is 38.5 Å². The lowest BCUT2D eigenvalue weighted by Crippen LogP contribution is -2.45. The average molecular weight is 398 g/mol. The van der Waals surface area contributed by atoms with Gasteiger partial charge < -0.3 is 4.57 Å². The van der Waals surface area contributed by atoms with Crippen molar-refractivity contribution in [3.8, 4) is 0 Å². The first kappa shape index (κ1) is 19.3. The van der Waals surface area contributed by atoms with E-state index in [0.29, 0.717) is 0 Å². The summed E-state index contributed by atoms with van der Waals surface area (Å²) in [4.78, 5) is 5.19. The number of para-hydroxylation sites is 1. The van der Waals surface area contributed by atoms with Crippen LogP contribution in [0.4, 0.5) is 0 Å². The van der Waals surface area contributed by atoms with E-state index in [0.717, 1.165) is 45.8 Å². The van der Waals surface area contributed by atoms with E-state index in [4.69, 9.17) is 0 Å². The van der Waals surface area contributed by atoms with E-state index in [2.05, 4.69) is 94.9 Å². The normalized spacial score (nSPS) is 15.9. The molecule has 1 fully saturated rings. The Kier molecular flexibility index (Phi) is 5.32. The molecule has 0 bridgehead atoms. The van der Waals surface area contributed by atoms with E-state index in [9.17, 15) is 0 Å². The van der Waals surface area contributed by atoms with E-state index in [1.54, 1.807) is 0 Å². The van der Waals surface area contributed by atoms with Crippen molar-refractivity contribution in [2.75, 3.05) is 26.2 Å². The summed E-state index contributed by atoms with van der Waals surface area (Å²) in [5.41, 5.74) is 6.91. The van der Waals surface area contributed by atoms with Crippen LogP contribution in [0.25, 0.3) is 21.8 Å². The van der Waals surface area contributed by atoms with Crippen molar-refractivity contribution in [1.82, 2.24) is 14.4 Å². The fraction of sp³-hybridized carbons (Fsp3) is 0.333. The van der Waals surface area contributed by atoms with Gasteiger partial charge in [-0.2, -0.15) is 0 Å². The molecular weight excluding hydrogens is 366 g/mol. The van der Waals surface area contributed by atoms with Crippen LogP contribution < -0.4 is 0 Å².